The molecule has 0 saturated carbocycles. The first-order chi connectivity index (χ1) is 8.76. The van der Waals surface area contributed by atoms with Crippen molar-refractivity contribution in [3.63, 3.8) is 0 Å². The van der Waals surface area contributed by atoms with Crippen LogP contribution in [0, 0.1) is 11.3 Å². The van der Waals surface area contributed by atoms with E-state index in [2.05, 4.69) is 45.2 Å². The zero-order valence-electron chi connectivity index (χ0n) is 9.44. The Kier molecular flexibility index (Phi) is 2.66. The number of nitrogens with one attached hydrogen (secondary N) is 1. The maximum Gasteiger partial charge on any atom is 0.0991 e. The third kappa shape index (κ3) is 1.92. The van der Waals surface area contributed by atoms with E-state index < -0.39 is 0 Å². The van der Waals surface area contributed by atoms with E-state index in [1.807, 2.05) is 30.3 Å². The van der Waals surface area contributed by atoms with Crippen molar-refractivity contribution >= 4 is 26.8 Å². The normalized spacial score (nSPS) is 10.4. The molecule has 1 heterocycles. The van der Waals surface area contributed by atoms with Gasteiger partial charge in [0.2, 0.25) is 0 Å². The van der Waals surface area contributed by atoms with Gasteiger partial charge in [0, 0.05) is 21.1 Å². The van der Waals surface area contributed by atoms with Gasteiger partial charge in [-0.2, -0.15) is 5.26 Å². The zero-order valence-corrected chi connectivity index (χ0v) is 11.0. The summed E-state index contributed by atoms with van der Waals surface area (Å²) in [5.41, 5.74) is 3.91. The predicted octanol–water partition coefficient (Wildman–Crippen LogP) is 4.47. The molecule has 0 atom stereocenters. The van der Waals surface area contributed by atoms with Crippen LogP contribution in [0.5, 0.6) is 0 Å². The van der Waals surface area contributed by atoms with Gasteiger partial charge in [0.25, 0.3) is 0 Å². The van der Waals surface area contributed by atoms with Gasteiger partial charge in [0.1, 0.15) is 0 Å². The first-order valence-electron chi connectivity index (χ1n) is 5.55. The van der Waals surface area contributed by atoms with E-state index in [1.165, 1.54) is 0 Å². The monoisotopic (exact) mass is 296 g/mol. The van der Waals surface area contributed by atoms with Crippen LogP contribution in [0.1, 0.15) is 5.56 Å². The quantitative estimate of drug-likeness (QED) is 0.707. The first-order valence-corrected chi connectivity index (χ1v) is 6.34. The summed E-state index contributed by atoms with van der Waals surface area (Å²) in [7, 11) is 0. The van der Waals surface area contributed by atoms with Crippen LogP contribution in [-0.4, -0.2) is 4.98 Å². The van der Waals surface area contributed by atoms with Crippen molar-refractivity contribution in [2.24, 2.45) is 0 Å². The minimum Gasteiger partial charge on any atom is -0.355 e. The summed E-state index contributed by atoms with van der Waals surface area (Å²) in [5, 5.41) is 9.95. The third-order valence-corrected chi connectivity index (χ3v) is 3.38. The van der Waals surface area contributed by atoms with E-state index in [0.29, 0.717) is 5.56 Å². The lowest BCUT2D eigenvalue weighted by Crippen LogP contribution is -1.76. The maximum absolute atomic E-state index is 8.89. The summed E-state index contributed by atoms with van der Waals surface area (Å²) < 4.78 is 1.05. The highest BCUT2D eigenvalue weighted by Gasteiger charge is 2.04. The molecular weight excluding hydrogens is 288 g/mol. The summed E-state index contributed by atoms with van der Waals surface area (Å²) in [6, 6.07) is 18.0. The number of hydrogen-bond acceptors (Lipinski definition) is 1. The number of rotatable bonds is 1. The molecule has 1 N–H and O–H groups in total. The number of fused-ring (bicyclic) bond motifs is 1. The minimum atomic E-state index is 0.683. The van der Waals surface area contributed by atoms with Crippen LogP contribution in [0.3, 0.4) is 0 Å². The van der Waals surface area contributed by atoms with Crippen molar-refractivity contribution in [1.82, 2.24) is 4.98 Å². The van der Waals surface area contributed by atoms with Crippen LogP contribution in [-0.2, 0) is 0 Å². The zero-order chi connectivity index (χ0) is 12.5. The molecule has 2 aromatic carbocycles. The number of halogens is 1. The van der Waals surface area contributed by atoms with Crippen LogP contribution >= 0.6 is 15.9 Å². The Hall–Kier alpha value is -2.05. The van der Waals surface area contributed by atoms with E-state index in [-0.39, 0.29) is 0 Å². The highest BCUT2D eigenvalue weighted by Crippen LogP contribution is 2.26. The molecule has 3 aromatic rings. The molecule has 0 unspecified atom stereocenters. The van der Waals surface area contributed by atoms with Crippen LogP contribution in [0.2, 0.25) is 0 Å². The Morgan fingerprint density at radius 1 is 1.06 bits per heavy atom. The summed E-state index contributed by atoms with van der Waals surface area (Å²) in [5.74, 6) is 0. The summed E-state index contributed by atoms with van der Waals surface area (Å²) >= 11 is 3.47. The third-order valence-electron chi connectivity index (χ3n) is 2.89. The molecule has 3 heteroatoms. The number of nitrogens with zero attached hydrogens (tertiary/aromatic N) is 1. The number of hydrogen-bond donors (Lipinski definition) is 1. The molecular formula is C15H9BrN2. The van der Waals surface area contributed by atoms with Crippen molar-refractivity contribution in [2.75, 3.05) is 0 Å². The van der Waals surface area contributed by atoms with Gasteiger partial charge in [-0.3, -0.25) is 0 Å². The second-order valence-electron chi connectivity index (χ2n) is 4.11. The fourth-order valence-electron chi connectivity index (χ4n) is 2.01. The van der Waals surface area contributed by atoms with E-state index >= 15 is 0 Å². The highest BCUT2D eigenvalue weighted by atomic mass is 79.9. The van der Waals surface area contributed by atoms with E-state index in [0.717, 1.165) is 26.6 Å². The van der Waals surface area contributed by atoms with Gasteiger partial charge in [0.15, 0.2) is 0 Å². The van der Waals surface area contributed by atoms with Crippen LogP contribution in [0.25, 0.3) is 22.2 Å². The summed E-state index contributed by atoms with van der Waals surface area (Å²) in [4.78, 5) is 3.36. The van der Waals surface area contributed by atoms with Crippen molar-refractivity contribution < 1.29 is 0 Å². The van der Waals surface area contributed by atoms with Crippen molar-refractivity contribution in [2.45, 2.75) is 0 Å². The second kappa shape index (κ2) is 4.32. The highest BCUT2D eigenvalue weighted by molar-refractivity contribution is 9.10. The fraction of sp³-hybridized carbons (Fsp3) is 0. The Labute approximate surface area is 113 Å². The first kappa shape index (κ1) is 11.1. The summed E-state index contributed by atoms with van der Waals surface area (Å²) in [6.07, 6.45) is 0. The van der Waals surface area contributed by atoms with Crippen molar-refractivity contribution in [3.8, 4) is 17.3 Å². The Balaban J connectivity index is 2.17. The van der Waals surface area contributed by atoms with Crippen LogP contribution in [0.4, 0.5) is 0 Å². The van der Waals surface area contributed by atoms with Crippen molar-refractivity contribution in [3.05, 3.63) is 58.6 Å². The van der Waals surface area contributed by atoms with Gasteiger partial charge in [-0.15, -0.1) is 0 Å². The molecule has 0 radical (unpaired) electrons. The average Bonchev–Trinajstić information content (AvgIpc) is 2.81. The Morgan fingerprint density at radius 2 is 1.94 bits per heavy atom. The van der Waals surface area contributed by atoms with E-state index in [1.54, 1.807) is 0 Å². The van der Waals surface area contributed by atoms with E-state index in [4.69, 9.17) is 5.26 Å². The van der Waals surface area contributed by atoms with Gasteiger partial charge < -0.3 is 4.98 Å². The number of nitriles is 1. The molecule has 0 fully saturated rings. The van der Waals surface area contributed by atoms with Crippen LogP contribution in [0.15, 0.2) is 53.0 Å². The SMILES string of the molecule is N#Cc1ccc2[nH]c(-c3cccc(Br)c3)cc2c1. The van der Waals surface area contributed by atoms with Crippen molar-refractivity contribution in [1.29, 1.82) is 5.26 Å². The molecule has 2 nitrogen and oxygen atoms in total. The van der Waals surface area contributed by atoms with Gasteiger partial charge >= 0.3 is 0 Å². The molecule has 0 aliphatic rings. The number of benzene rings is 2. The topological polar surface area (TPSA) is 39.6 Å². The number of aromatic amines is 1. The fourth-order valence-corrected chi connectivity index (χ4v) is 2.41. The molecule has 0 aliphatic heterocycles. The standard InChI is InChI=1S/C15H9BrN2/c16-13-3-1-2-11(7-13)15-8-12-6-10(9-17)4-5-14(12)18-15/h1-8,18H. The van der Waals surface area contributed by atoms with Gasteiger partial charge in [-0.25, -0.2) is 0 Å². The molecule has 0 spiro atoms. The molecule has 0 saturated heterocycles. The largest absolute Gasteiger partial charge is 0.355 e. The lowest BCUT2D eigenvalue weighted by atomic mass is 10.1. The lowest BCUT2D eigenvalue weighted by Gasteiger charge is -1.97. The predicted molar refractivity (Wildman–Crippen MR) is 76.1 cm³/mol. The minimum absolute atomic E-state index is 0.683. The Bertz CT molecular complexity index is 766. The Morgan fingerprint density at radius 3 is 2.72 bits per heavy atom. The van der Waals surface area contributed by atoms with Gasteiger partial charge in [-0.05, 0) is 42.0 Å². The van der Waals surface area contributed by atoms with Gasteiger partial charge in [0.05, 0.1) is 11.6 Å². The molecule has 1 aromatic heterocycles. The number of aromatic nitrogens is 1. The average molecular weight is 297 g/mol. The second-order valence-corrected chi connectivity index (χ2v) is 5.02. The molecule has 3 rings (SSSR count). The maximum atomic E-state index is 8.89. The molecule has 18 heavy (non-hydrogen) atoms. The lowest BCUT2D eigenvalue weighted by molar-refractivity contribution is 1.44. The van der Waals surface area contributed by atoms with E-state index in [9.17, 15) is 0 Å². The smallest absolute Gasteiger partial charge is 0.0991 e. The summed E-state index contributed by atoms with van der Waals surface area (Å²) in [6.45, 7) is 0. The molecule has 0 bridgehead atoms. The number of H-pyrrole nitrogens is 1. The molecule has 86 valence electrons. The molecule has 0 amide bonds. The van der Waals surface area contributed by atoms with Gasteiger partial charge in [-0.1, -0.05) is 28.1 Å². The molecule has 0 aliphatic carbocycles. The van der Waals surface area contributed by atoms with Crippen LogP contribution < -0.4 is 0 Å².